The molecule has 3 rings (SSSR count). The van der Waals surface area contributed by atoms with Crippen LogP contribution in [-0.4, -0.2) is 19.9 Å². The molecule has 0 bridgehead atoms. The number of aromatic amines is 3. The number of H-pyrrole nitrogens is 3. The standard InChI is InChI=1S/C18H14FIN4O2/c1-9(2)16-13(21-8-22-16)7-15-18(26)23-14(17(25)24-15)6-10-5-11(20)3-4-12(10)19/h3-8H,1H2,2H3,(H,21,22)(H,23,26)(H,24,25)/b14-6-,15-7-. The summed E-state index contributed by atoms with van der Waals surface area (Å²) >= 11 is 2.04. The highest BCUT2D eigenvalue weighted by Gasteiger charge is 2.05. The van der Waals surface area contributed by atoms with Crippen LogP contribution in [0.25, 0.3) is 17.7 Å². The molecular weight excluding hydrogens is 450 g/mol. The maximum absolute atomic E-state index is 13.9. The van der Waals surface area contributed by atoms with Gasteiger partial charge in [0.1, 0.15) is 16.5 Å². The molecule has 132 valence electrons. The van der Waals surface area contributed by atoms with E-state index < -0.39 is 16.9 Å². The van der Waals surface area contributed by atoms with Crippen LogP contribution < -0.4 is 21.8 Å². The molecule has 0 spiro atoms. The van der Waals surface area contributed by atoms with E-state index in [1.807, 2.05) is 22.6 Å². The molecule has 8 heteroatoms. The molecule has 3 aromatic rings. The summed E-state index contributed by atoms with van der Waals surface area (Å²) < 4.78 is 14.7. The third-order valence-corrected chi connectivity index (χ3v) is 4.28. The summed E-state index contributed by atoms with van der Waals surface area (Å²) in [4.78, 5) is 36.6. The van der Waals surface area contributed by atoms with Crippen molar-refractivity contribution in [3.8, 4) is 0 Å². The van der Waals surface area contributed by atoms with Gasteiger partial charge in [0.2, 0.25) is 0 Å². The van der Waals surface area contributed by atoms with Crippen LogP contribution in [0.1, 0.15) is 23.9 Å². The smallest absolute Gasteiger partial charge is 0.272 e. The van der Waals surface area contributed by atoms with Crippen LogP contribution in [0.3, 0.4) is 0 Å². The van der Waals surface area contributed by atoms with E-state index in [1.54, 1.807) is 19.1 Å². The Kier molecular flexibility index (Phi) is 5.03. The van der Waals surface area contributed by atoms with Crippen LogP contribution in [-0.2, 0) is 0 Å². The molecule has 2 aromatic heterocycles. The van der Waals surface area contributed by atoms with Crippen molar-refractivity contribution < 1.29 is 4.39 Å². The minimum atomic E-state index is -0.537. The summed E-state index contributed by atoms with van der Waals surface area (Å²) in [6.07, 6.45) is 4.26. The Balaban J connectivity index is 2.17. The second-order valence-electron chi connectivity index (χ2n) is 5.64. The largest absolute Gasteiger partial charge is 0.345 e. The molecular formula is C18H14FIN4O2. The fourth-order valence-electron chi connectivity index (χ4n) is 2.38. The number of allylic oxidation sites excluding steroid dienone is 1. The Labute approximate surface area is 160 Å². The predicted octanol–water partition coefficient (Wildman–Crippen LogP) is 1.22. The number of aromatic nitrogens is 4. The minimum absolute atomic E-state index is 0.0298. The van der Waals surface area contributed by atoms with E-state index in [4.69, 9.17) is 0 Å². The van der Waals surface area contributed by atoms with Gasteiger partial charge in [-0.1, -0.05) is 6.58 Å². The average Bonchev–Trinajstić information content (AvgIpc) is 3.04. The third kappa shape index (κ3) is 3.74. The van der Waals surface area contributed by atoms with Gasteiger partial charge in [-0.3, -0.25) is 9.59 Å². The zero-order valence-corrected chi connectivity index (χ0v) is 15.8. The Morgan fingerprint density at radius 3 is 2.50 bits per heavy atom. The number of nitrogens with one attached hydrogen (secondary N) is 3. The Morgan fingerprint density at radius 2 is 1.85 bits per heavy atom. The first-order chi connectivity index (χ1) is 12.3. The second kappa shape index (κ2) is 7.24. The molecule has 6 nitrogen and oxygen atoms in total. The van der Waals surface area contributed by atoms with E-state index in [-0.39, 0.29) is 16.3 Å². The summed E-state index contributed by atoms with van der Waals surface area (Å²) in [5.41, 5.74) is 1.04. The summed E-state index contributed by atoms with van der Waals surface area (Å²) in [5.74, 6) is -0.482. The monoisotopic (exact) mass is 464 g/mol. The fraction of sp³-hybridized carbons (Fsp3) is 0.0556. The highest BCUT2D eigenvalue weighted by Crippen LogP contribution is 2.13. The molecule has 2 heterocycles. The van der Waals surface area contributed by atoms with Crippen molar-refractivity contribution in [2.75, 3.05) is 0 Å². The summed E-state index contributed by atoms with van der Waals surface area (Å²) in [6, 6.07) is 4.50. The molecule has 0 aliphatic carbocycles. The highest BCUT2D eigenvalue weighted by atomic mass is 127. The zero-order valence-electron chi connectivity index (χ0n) is 13.7. The first-order valence-corrected chi connectivity index (χ1v) is 8.63. The van der Waals surface area contributed by atoms with Gasteiger partial charge in [0.25, 0.3) is 11.1 Å². The molecule has 0 fully saturated rings. The lowest BCUT2D eigenvalue weighted by molar-refractivity contribution is 0.624. The van der Waals surface area contributed by atoms with E-state index in [0.717, 1.165) is 9.14 Å². The zero-order chi connectivity index (χ0) is 18.8. The molecule has 26 heavy (non-hydrogen) atoms. The SMILES string of the molecule is C=C(C)c1nc[nH]c1/C=c1\[nH]c(=O)/c(=C/c2cc(I)ccc2F)[nH]c1=O. The number of hydrogen-bond acceptors (Lipinski definition) is 3. The molecule has 0 atom stereocenters. The maximum Gasteiger partial charge on any atom is 0.272 e. The molecule has 0 amide bonds. The molecule has 0 aliphatic heterocycles. The van der Waals surface area contributed by atoms with Crippen molar-refractivity contribution in [2.24, 2.45) is 0 Å². The number of imidazole rings is 1. The quantitative estimate of drug-likeness (QED) is 0.509. The summed E-state index contributed by atoms with van der Waals surface area (Å²) in [5, 5.41) is 0.0276. The highest BCUT2D eigenvalue weighted by molar-refractivity contribution is 14.1. The van der Waals surface area contributed by atoms with Crippen molar-refractivity contribution in [1.29, 1.82) is 0 Å². The molecule has 0 saturated heterocycles. The minimum Gasteiger partial charge on any atom is -0.345 e. The van der Waals surface area contributed by atoms with Gasteiger partial charge in [-0.05, 0) is 65.4 Å². The van der Waals surface area contributed by atoms with Gasteiger partial charge >= 0.3 is 0 Å². The lowest BCUT2D eigenvalue weighted by Gasteiger charge is -1.98. The van der Waals surface area contributed by atoms with Gasteiger partial charge in [0.05, 0.1) is 17.7 Å². The van der Waals surface area contributed by atoms with E-state index in [0.29, 0.717) is 11.4 Å². The maximum atomic E-state index is 13.9. The Morgan fingerprint density at radius 1 is 1.19 bits per heavy atom. The van der Waals surface area contributed by atoms with Crippen molar-refractivity contribution in [2.45, 2.75) is 6.92 Å². The Hall–Kier alpha value is -2.75. The topological polar surface area (TPSA) is 94.4 Å². The van der Waals surface area contributed by atoms with E-state index in [1.165, 1.54) is 24.5 Å². The normalized spacial score (nSPS) is 12.6. The number of hydrogen-bond donors (Lipinski definition) is 3. The number of halogens is 2. The fourth-order valence-corrected chi connectivity index (χ4v) is 2.89. The molecule has 0 unspecified atom stereocenters. The van der Waals surface area contributed by atoms with Crippen molar-refractivity contribution in [1.82, 2.24) is 19.9 Å². The van der Waals surface area contributed by atoms with Gasteiger partial charge in [0, 0.05) is 9.13 Å². The number of benzene rings is 1. The van der Waals surface area contributed by atoms with Crippen LogP contribution in [0, 0.1) is 9.39 Å². The van der Waals surface area contributed by atoms with Crippen LogP contribution >= 0.6 is 22.6 Å². The number of nitrogens with zero attached hydrogens (tertiary/aromatic N) is 1. The van der Waals surface area contributed by atoms with Gasteiger partial charge in [-0.2, -0.15) is 0 Å². The van der Waals surface area contributed by atoms with Gasteiger partial charge in [-0.25, -0.2) is 9.37 Å². The van der Waals surface area contributed by atoms with Crippen molar-refractivity contribution >= 4 is 40.3 Å². The predicted molar refractivity (Wildman–Crippen MR) is 106 cm³/mol. The van der Waals surface area contributed by atoms with Crippen molar-refractivity contribution in [3.63, 3.8) is 0 Å². The molecule has 0 aliphatic rings. The van der Waals surface area contributed by atoms with Crippen LogP contribution in [0.2, 0.25) is 0 Å². The lowest BCUT2D eigenvalue weighted by atomic mass is 10.2. The second-order valence-corrected chi connectivity index (χ2v) is 6.88. The number of rotatable bonds is 3. The van der Waals surface area contributed by atoms with Gasteiger partial charge in [0.15, 0.2) is 0 Å². The Bertz CT molecular complexity index is 1240. The van der Waals surface area contributed by atoms with Crippen LogP contribution in [0.5, 0.6) is 0 Å². The first kappa shape index (κ1) is 18.1. The van der Waals surface area contributed by atoms with Gasteiger partial charge < -0.3 is 15.0 Å². The van der Waals surface area contributed by atoms with E-state index >= 15 is 0 Å². The third-order valence-electron chi connectivity index (χ3n) is 3.61. The first-order valence-electron chi connectivity index (χ1n) is 7.55. The molecule has 0 saturated carbocycles. The van der Waals surface area contributed by atoms with Gasteiger partial charge in [-0.15, -0.1) is 0 Å². The van der Waals surface area contributed by atoms with Crippen LogP contribution in [0.15, 0.2) is 40.7 Å². The van der Waals surface area contributed by atoms with E-state index in [2.05, 4.69) is 26.5 Å². The van der Waals surface area contributed by atoms with Crippen molar-refractivity contribution in [3.05, 3.63) is 88.8 Å². The molecule has 0 radical (unpaired) electrons. The lowest BCUT2D eigenvalue weighted by Crippen LogP contribution is -2.46. The summed E-state index contributed by atoms with van der Waals surface area (Å²) in [7, 11) is 0. The molecule has 3 N–H and O–H groups in total. The average molecular weight is 464 g/mol. The van der Waals surface area contributed by atoms with E-state index in [9.17, 15) is 14.0 Å². The van der Waals surface area contributed by atoms with Crippen LogP contribution in [0.4, 0.5) is 4.39 Å². The summed E-state index contributed by atoms with van der Waals surface area (Å²) in [6.45, 7) is 5.60. The molecule has 1 aromatic carbocycles.